The van der Waals surface area contributed by atoms with Crippen LogP contribution in [0.25, 0.3) is 11.6 Å². The van der Waals surface area contributed by atoms with E-state index in [-0.39, 0.29) is 0 Å². The average molecular weight is 298 g/mol. The van der Waals surface area contributed by atoms with Crippen LogP contribution in [0.15, 0.2) is 36.4 Å². The third-order valence-corrected chi connectivity index (χ3v) is 4.32. The van der Waals surface area contributed by atoms with Gasteiger partial charge in [0.25, 0.3) is 0 Å². The molecule has 0 atom stereocenters. The second-order valence-corrected chi connectivity index (χ2v) is 5.94. The van der Waals surface area contributed by atoms with Gasteiger partial charge in [-0.25, -0.2) is 8.78 Å². The van der Waals surface area contributed by atoms with Crippen LogP contribution in [0.1, 0.15) is 48.4 Å². The maximum Gasteiger partial charge on any atom is 0.159 e. The Bertz CT molecular complexity index is 696. The minimum Gasteiger partial charge on any atom is -0.204 e. The Kier molecular flexibility index (Phi) is 4.37. The van der Waals surface area contributed by atoms with Crippen LogP contribution < -0.4 is 0 Å². The van der Waals surface area contributed by atoms with Gasteiger partial charge in [0, 0.05) is 0 Å². The van der Waals surface area contributed by atoms with E-state index in [1.807, 2.05) is 6.08 Å². The highest BCUT2D eigenvalue weighted by Gasteiger charge is 2.15. The van der Waals surface area contributed by atoms with E-state index < -0.39 is 11.6 Å². The fourth-order valence-corrected chi connectivity index (χ4v) is 2.98. The van der Waals surface area contributed by atoms with Gasteiger partial charge in [-0.1, -0.05) is 43.7 Å². The van der Waals surface area contributed by atoms with Crippen LogP contribution in [0.4, 0.5) is 8.78 Å². The lowest BCUT2D eigenvalue weighted by Gasteiger charge is -2.17. The van der Waals surface area contributed by atoms with E-state index in [9.17, 15) is 8.78 Å². The minimum atomic E-state index is -0.772. The molecule has 0 aliphatic heterocycles. The van der Waals surface area contributed by atoms with Crippen LogP contribution in [0.5, 0.6) is 0 Å². The summed E-state index contributed by atoms with van der Waals surface area (Å²) in [7, 11) is 0. The zero-order valence-electron chi connectivity index (χ0n) is 12.8. The van der Waals surface area contributed by atoms with Gasteiger partial charge in [0.2, 0.25) is 0 Å². The SMILES string of the molecule is CCCCc1ccc(C2=Cc3cc(F)c(F)cc3CC2)cc1. The maximum absolute atomic E-state index is 13.4. The van der Waals surface area contributed by atoms with Gasteiger partial charge in [-0.15, -0.1) is 0 Å². The molecule has 0 saturated heterocycles. The van der Waals surface area contributed by atoms with Crippen molar-refractivity contribution in [3.05, 3.63) is 70.3 Å². The number of fused-ring (bicyclic) bond motifs is 1. The van der Waals surface area contributed by atoms with Crippen molar-refractivity contribution < 1.29 is 8.78 Å². The van der Waals surface area contributed by atoms with E-state index in [0.29, 0.717) is 0 Å². The number of benzene rings is 2. The molecule has 0 nitrogen and oxygen atoms in total. The Morgan fingerprint density at radius 3 is 2.41 bits per heavy atom. The van der Waals surface area contributed by atoms with Crippen molar-refractivity contribution in [1.82, 2.24) is 0 Å². The summed E-state index contributed by atoms with van der Waals surface area (Å²) in [5, 5.41) is 0. The highest BCUT2D eigenvalue weighted by molar-refractivity contribution is 5.84. The van der Waals surface area contributed by atoms with Crippen molar-refractivity contribution in [3.8, 4) is 0 Å². The Hall–Kier alpha value is -1.96. The summed E-state index contributed by atoms with van der Waals surface area (Å²) < 4.78 is 26.7. The molecule has 0 spiro atoms. The predicted molar refractivity (Wildman–Crippen MR) is 87.6 cm³/mol. The van der Waals surface area contributed by atoms with Gasteiger partial charge in [0.1, 0.15) is 0 Å². The number of unbranched alkanes of at least 4 members (excludes halogenated alkanes) is 1. The smallest absolute Gasteiger partial charge is 0.159 e. The molecule has 0 heterocycles. The van der Waals surface area contributed by atoms with Gasteiger partial charge in [-0.05, 0) is 65.6 Å². The minimum absolute atomic E-state index is 0.754. The van der Waals surface area contributed by atoms with E-state index in [1.165, 1.54) is 41.7 Å². The summed E-state index contributed by atoms with van der Waals surface area (Å²) in [5.74, 6) is -1.53. The molecule has 0 amide bonds. The average Bonchev–Trinajstić information content (AvgIpc) is 2.54. The lowest BCUT2D eigenvalue weighted by Crippen LogP contribution is -2.01. The molecular formula is C20H20F2. The number of allylic oxidation sites excluding steroid dienone is 1. The van der Waals surface area contributed by atoms with Crippen molar-refractivity contribution in [2.45, 2.75) is 39.0 Å². The van der Waals surface area contributed by atoms with E-state index >= 15 is 0 Å². The second kappa shape index (κ2) is 6.43. The molecule has 1 aliphatic carbocycles. The van der Waals surface area contributed by atoms with Gasteiger partial charge in [0.15, 0.2) is 11.6 Å². The molecule has 0 unspecified atom stereocenters. The molecular weight excluding hydrogens is 278 g/mol. The van der Waals surface area contributed by atoms with Gasteiger partial charge < -0.3 is 0 Å². The normalized spacial score (nSPS) is 13.7. The number of aryl methyl sites for hydroxylation is 2. The van der Waals surface area contributed by atoms with E-state index in [0.717, 1.165) is 30.4 Å². The Morgan fingerprint density at radius 1 is 0.955 bits per heavy atom. The molecule has 2 aromatic rings. The maximum atomic E-state index is 13.4. The molecule has 0 bridgehead atoms. The molecule has 3 rings (SSSR count). The highest BCUT2D eigenvalue weighted by Crippen LogP contribution is 2.31. The van der Waals surface area contributed by atoms with E-state index in [2.05, 4.69) is 31.2 Å². The molecule has 22 heavy (non-hydrogen) atoms. The zero-order chi connectivity index (χ0) is 15.5. The quantitative estimate of drug-likeness (QED) is 0.669. The monoisotopic (exact) mass is 298 g/mol. The van der Waals surface area contributed by atoms with Crippen LogP contribution in [0.2, 0.25) is 0 Å². The third-order valence-electron chi connectivity index (χ3n) is 4.32. The van der Waals surface area contributed by atoms with Crippen molar-refractivity contribution in [3.63, 3.8) is 0 Å². The fourth-order valence-electron chi connectivity index (χ4n) is 2.98. The summed E-state index contributed by atoms with van der Waals surface area (Å²) in [4.78, 5) is 0. The van der Waals surface area contributed by atoms with Gasteiger partial charge in [-0.3, -0.25) is 0 Å². The molecule has 2 heteroatoms. The zero-order valence-corrected chi connectivity index (χ0v) is 12.8. The largest absolute Gasteiger partial charge is 0.204 e. The molecule has 0 fully saturated rings. The third kappa shape index (κ3) is 3.11. The first-order chi connectivity index (χ1) is 10.7. The summed E-state index contributed by atoms with van der Waals surface area (Å²) >= 11 is 0. The highest BCUT2D eigenvalue weighted by atomic mass is 19.2. The van der Waals surface area contributed by atoms with Crippen molar-refractivity contribution >= 4 is 11.6 Å². The first-order valence-electron chi connectivity index (χ1n) is 7.95. The van der Waals surface area contributed by atoms with Gasteiger partial charge >= 0.3 is 0 Å². The van der Waals surface area contributed by atoms with Gasteiger partial charge in [0.05, 0.1) is 0 Å². The van der Waals surface area contributed by atoms with Gasteiger partial charge in [-0.2, -0.15) is 0 Å². The van der Waals surface area contributed by atoms with Crippen molar-refractivity contribution in [2.75, 3.05) is 0 Å². The summed E-state index contributed by atoms with van der Waals surface area (Å²) in [6, 6.07) is 11.3. The Balaban J connectivity index is 1.86. The lowest BCUT2D eigenvalue weighted by molar-refractivity contribution is 0.506. The molecule has 1 aliphatic rings. The van der Waals surface area contributed by atoms with Crippen LogP contribution in [0, 0.1) is 11.6 Å². The second-order valence-electron chi connectivity index (χ2n) is 5.94. The van der Waals surface area contributed by atoms with Crippen LogP contribution in [0.3, 0.4) is 0 Å². The number of hydrogen-bond donors (Lipinski definition) is 0. The van der Waals surface area contributed by atoms with Crippen molar-refractivity contribution in [2.24, 2.45) is 0 Å². The molecule has 114 valence electrons. The van der Waals surface area contributed by atoms with Crippen LogP contribution >= 0.6 is 0 Å². The number of hydrogen-bond acceptors (Lipinski definition) is 0. The standard InChI is InChI=1S/C20H20F2/c1-2-3-4-14-5-7-15(8-6-14)16-9-10-17-12-19(21)20(22)13-18(17)11-16/h5-8,11-13H,2-4,9-10H2,1H3. The van der Waals surface area contributed by atoms with Crippen molar-refractivity contribution in [1.29, 1.82) is 0 Å². The molecule has 0 saturated carbocycles. The van der Waals surface area contributed by atoms with E-state index in [1.54, 1.807) is 0 Å². The summed E-state index contributed by atoms with van der Waals surface area (Å²) in [6.07, 6.45) is 7.14. The predicted octanol–water partition coefficient (Wildman–Crippen LogP) is 5.79. The van der Waals surface area contributed by atoms with Crippen LogP contribution in [-0.4, -0.2) is 0 Å². The Morgan fingerprint density at radius 2 is 1.68 bits per heavy atom. The number of halogens is 2. The topological polar surface area (TPSA) is 0 Å². The first-order valence-corrected chi connectivity index (χ1v) is 7.95. The Labute approximate surface area is 130 Å². The lowest BCUT2D eigenvalue weighted by atomic mass is 9.88. The summed E-state index contributed by atoms with van der Waals surface area (Å²) in [5.41, 5.74) is 5.42. The number of rotatable bonds is 4. The molecule has 0 N–H and O–H groups in total. The molecule has 0 aromatic heterocycles. The van der Waals surface area contributed by atoms with Crippen LogP contribution in [-0.2, 0) is 12.8 Å². The summed E-state index contributed by atoms with van der Waals surface area (Å²) in [6.45, 7) is 2.20. The van der Waals surface area contributed by atoms with E-state index in [4.69, 9.17) is 0 Å². The molecule has 2 aromatic carbocycles. The fraction of sp³-hybridized carbons (Fsp3) is 0.300. The molecule has 0 radical (unpaired) electrons. The first kappa shape index (κ1) is 15.0.